The lowest BCUT2D eigenvalue weighted by atomic mass is 10.1. The number of alkyl halides is 2. The molecule has 0 fully saturated rings. The minimum absolute atomic E-state index is 0. The highest BCUT2D eigenvalue weighted by molar-refractivity contribution is 5.85. The van der Waals surface area contributed by atoms with Crippen LogP contribution < -0.4 is 5.73 Å². The molecule has 2 nitrogen and oxygen atoms in total. The van der Waals surface area contributed by atoms with Crippen molar-refractivity contribution in [3.05, 3.63) is 29.8 Å². The van der Waals surface area contributed by atoms with Crippen molar-refractivity contribution < 1.29 is 13.9 Å². The fourth-order valence-electron chi connectivity index (χ4n) is 0.878. The number of halogens is 3. The molecule has 0 unspecified atom stereocenters. The van der Waals surface area contributed by atoms with Crippen LogP contribution in [0.1, 0.15) is 11.6 Å². The van der Waals surface area contributed by atoms with Crippen LogP contribution in [0.25, 0.3) is 0 Å². The van der Waals surface area contributed by atoms with Crippen LogP contribution in [0.15, 0.2) is 24.3 Å². The zero-order valence-corrected chi connectivity index (χ0v) is 7.47. The van der Waals surface area contributed by atoms with Gasteiger partial charge < -0.3 is 10.8 Å². The first-order valence-corrected chi connectivity index (χ1v) is 3.44. The van der Waals surface area contributed by atoms with Gasteiger partial charge in [0, 0.05) is 0 Å². The maximum atomic E-state index is 12.0. The lowest BCUT2D eigenvalue weighted by molar-refractivity contribution is 0.116. The molecule has 5 heteroatoms. The van der Waals surface area contributed by atoms with Crippen molar-refractivity contribution in [1.29, 1.82) is 0 Å². The summed E-state index contributed by atoms with van der Waals surface area (Å²) in [6, 6.07) is 4.25. The predicted molar refractivity (Wildman–Crippen MR) is 48.3 cm³/mol. The third kappa shape index (κ3) is 3.16. The van der Waals surface area contributed by atoms with E-state index < -0.39 is 12.5 Å². The van der Waals surface area contributed by atoms with Crippen molar-refractivity contribution in [2.45, 2.75) is 12.5 Å². The van der Waals surface area contributed by atoms with Gasteiger partial charge in [-0.1, -0.05) is 12.1 Å². The van der Waals surface area contributed by atoms with Crippen molar-refractivity contribution in [2.75, 3.05) is 0 Å². The summed E-state index contributed by atoms with van der Waals surface area (Å²) in [6.07, 6.45) is -2.60. The molecule has 1 atom stereocenters. The number of phenols is 1. The first-order chi connectivity index (χ1) is 5.61. The smallest absolute Gasteiger partial charge is 0.257 e. The quantitative estimate of drug-likeness (QED) is 0.784. The highest BCUT2D eigenvalue weighted by Gasteiger charge is 2.17. The molecule has 0 saturated heterocycles. The van der Waals surface area contributed by atoms with Crippen LogP contribution in [0.3, 0.4) is 0 Å². The van der Waals surface area contributed by atoms with E-state index >= 15 is 0 Å². The first kappa shape index (κ1) is 12.1. The Kier molecular flexibility index (Phi) is 4.66. The molecule has 0 heterocycles. The number of aromatic hydroxyl groups is 1. The van der Waals surface area contributed by atoms with Gasteiger partial charge in [-0.25, -0.2) is 8.78 Å². The Labute approximate surface area is 80.8 Å². The van der Waals surface area contributed by atoms with Crippen LogP contribution in [-0.4, -0.2) is 11.5 Å². The van der Waals surface area contributed by atoms with E-state index in [1.54, 1.807) is 0 Å². The Morgan fingerprint density at radius 1 is 1.31 bits per heavy atom. The molecule has 74 valence electrons. The lowest BCUT2D eigenvalue weighted by Gasteiger charge is -2.10. The van der Waals surface area contributed by atoms with Crippen LogP contribution in [0, 0.1) is 0 Å². The second-order valence-corrected chi connectivity index (χ2v) is 2.46. The van der Waals surface area contributed by atoms with E-state index in [0.29, 0.717) is 0 Å². The first-order valence-electron chi connectivity index (χ1n) is 3.44. The van der Waals surface area contributed by atoms with Crippen LogP contribution in [0.5, 0.6) is 5.75 Å². The third-order valence-electron chi connectivity index (χ3n) is 1.53. The van der Waals surface area contributed by atoms with Crippen LogP contribution >= 0.6 is 12.4 Å². The molecule has 3 N–H and O–H groups in total. The standard InChI is InChI=1S/C8H9F2NO.ClH/c9-8(10)7(11)5-2-1-3-6(12)4-5;/h1-4,7-8,12H,11H2;1H/t7-;/m0./s1. The zero-order valence-electron chi connectivity index (χ0n) is 6.65. The number of phenolic OH excluding ortho intramolecular Hbond substituents is 1. The van der Waals surface area contributed by atoms with E-state index in [2.05, 4.69) is 0 Å². The largest absolute Gasteiger partial charge is 0.508 e. The van der Waals surface area contributed by atoms with Gasteiger partial charge in [-0.3, -0.25) is 0 Å². The summed E-state index contributed by atoms with van der Waals surface area (Å²) in [4.78, 5) is 0. The molecular formula is C8H10ClF2NO. The highest BCUT2D eigenvalue weighted by atomic mass is 35.5. The van der Waals surface area contributed by atoms with Crippen LogP contribution in [-0.2, 0) is 0 Å². The summed E-state index contributed by atoms with van der Waals surface area (Å²) in [7, 11) is 0. The molecule has 0 aliphatic carbocycles. The summed E-state index contributed by atoms with van der Waals surface area (Å²) in [6.45, 7) is 0. The Bertz CT molecular complexity index is 270. The molecule has 0 amide bonds. The number of rotatable bonds is 2. The lowest BCUT2D eigenvalue weighted by Crippen LogP contribution is -2.18. The predicted octanol–water partition coefficient (Wildman–Crippen LogP) is 2.08. The molecule has 0 spiro atoms. The minimum Gasteiger partial charge on any atom is -0.508 e. The topological polar surface area (TPSA) is 46.2 Å². The van der Waals surface area contributed by atoms with Crippen molar-refractivity contribution in [3.63, 3.8) is 0 Å². The van der Waals surface area contributed by atoms with Crippen molar-refractivity contribution in [1.82, 2.24) is 0 Å². The molecule has 1 rings (SSSR count). The average Bonchev–Trinajstić information content (AvgIpc) is 2.03. The maximum Gasteiger partial charge on any atom is 0.257 e. The fraction of sp³-hybridized carbons (Fsp3) is 0.250. The molecule has 0 aliphatic heterocycles. The highest BCUT2D eigenvalue weighted by Crippen LogP contribution is 2.20. The van der Waals surface area contributed by atoms with Crippen molar-refractivity contribution in [3.8, 4) is 5.75 Å². The van der Waals surface area contributed by atoms with Gasteiger partial charge in [-0.05, 0) is 17.7 Å². The van der Waals surface area contributed by atoms with Crippen molar-refractivity contribution in [2.24, 2.45) is 5.73 Å². The number of benzene rings is 1. The molecule has 0 radical (unpaired) electrons. The maximum absolute atomic E-state index is 12.0. The molecule has 0 aliphatic rings. The van der Waals surface area contributed by atoms with Crippen LogP contribution in [0.2, 0.25) is 0 Å². The monoisotopic (exact) mass is 209 g/mol. The fourth-order valence-corrected chi connectivity index (χ4v) is 0.878. The molecule has 1 aromatic rings. The molecule has 0 saturated carbocycles. The van der Waals surface area contributed by atoms with Gasteiger partial charge in [-0.2, -0.15) is 0 Å². The molecular weight excluding hydrogens is 200 g/mol. The average molecular weight is 210 g/mol. The minimum atomic E-state index is -2.60. The van der Waals surface area contributed by atoms with Gasteiger partial charge >= 0.3 is 0 Å². The molecule has 0 aromatic heterocycles. The van der Waals surface area contributed by atoms with Crippen molar-refractivity contribution >= 4 is 12.4 Å². The molecule has 1 aromatic carbocycles. The van der Waals surface area contributed by atoms with Gasteiger partial charge in [0.05, 0.1) is 6.04 Å². The van der Waals surface area contributed by atoms with E-state index in [9.17, 15) is 8.78 Å². The Hall–Kier alpha value is -0.870. The van der Waals surface area contributed by atoms with Crippen LogP contribution in [0.4, 0.5) is 8.78 Å². The van der Waals surface area contributed by atoms with Gasteiger partial charge in [-0.15, -0.1) is 12.4 Å². The third-order valence-corrected chi connectivity index (χ3v) is 1.53. The molecule has 0 bridgehead atoms. The Balaban J connectivity index is 0.00000144. The van der Waals surface area contributed by atoms with Gasteiger partial charge in [0.15, 0.2) is 0 Å². The summed E-state index contributed by atoms with van der Waals surface area (Å²) >= 11 is 0. The summed E-state index contributed by atoms with van der Waals surface area (Å²) in [5, 5.41) is 8.94. The van der Waals surface area contributed by atoms with Gasteiger partial charge in [0.1, 0.15) is 5.75 Å². The number of hydrogen-bond acceptors (Lipinski definition) is 2. The van der Waals surface area contributed by atoms with E-state index in [-0.39, 0.29) is 23.7 Å². The number of hydrogen-bond donors (Lipinski definition) is 2. The Morgan fingerprint density at radius 3 is 2.38 bits per heavy atom. The van der Waals surface area contributed by atoms with Gasteiger partial charge in [0.2, 0.25) is 0 Å². The summed E-state index contributed by atoms with van der Waals surface area (Å²) < 4.78 is 24.1. The molecule has 13 heavy (non-hydrogen) atoms. The second-order valence-electron chi connectivity index (χ2n) is 2.46. The van der Waals surface area contributed by atoms with E-state index in [1.807, 2.05) is 0 Å². The van der Waals surface area contributed by atoms with E-state index in [1.165, 1.54) is 24.3 Å². The Morgan fingerprint density at radius 2 is 1.92 bits per heavy atom. The van der Waals surface area contributed by atoms with E-state index in [4.69, 9.17) is 10.8 Å². The zero-order chi connectivity index (χ0) is 9.14. The summed E-state index contributed by atoms with van der Waals surface area (Å²) in [5.74, 6) is -0.0522. The van der Waals surface area contributed by atoms with Gasteiger partial charge in [0.25, 0.3) is 6.43 Å². The number of nitrogens with two attached hydrogens (primary N) is 1. The SMILES string of the molecule is Cl.N[C@@H](c1cccc(O)c1)C(F)F. The van der Waals surface area contributed by atoms with E-state index in [0.717, 1.165) is 0 Å². The second kappa shape index (κ2) is 4.99. The normalized spacial score (nSPS) is 12.3. The summed E-state index contributed by atoms with van der Waals surface area (Å²) in [5.41, 5.74) is 5.39.